The van der Waals surface area contributed by atoms with Crippen molar-refractivity contribution in [2.45, 2.75) is 39.5 Å². The molecule has 3 rings (SSSR count). The van der Waals surface area contributed by atoms with Crippen LogP contribution in [0.3, 0.4) is 0 Å². The number of hydrogen-bond acceptors (Lipinski definition) is 6. The molecule has 0 aliphatic rings. The molecule has 0 aliphatic carbocycles. The molecule has 30 heavy (non-hydrogen) atoms. The van der Waals surface area contributed by atoms with Crippen LogP contribution in [0.4, 0.5) is 5.95 Å². The fourth-order valence-corrected chi connectivity index (χ4v) is 2.92. The van der Waals surface area contributed by atoms with E-state index in [1.807, 2.05) is 63.2 Å². The molecule has 3 aromatic rings. The highest BCUT2D eigenvalue weighted by Crippen LogP contribution is 2.19. The number of benzene rings is 2. The van der Waals surface area contributed by atoms with Crippen molar-refractivity contribution in [2.75, 3.05) is 11.5 Å². The van der Waals surface area contributed by atoms with E-state index >= 15 is 0 Å². The normalized spacial score (nSPS) is 11.0. The fraction of sp³-hybridized carbons (Fsp3) is 0.292. The van der Waals surface area contributed by atoms with Gasteiger partial charge in [-0.2, -0.15) is 0 Å². The quantitative estimate of drug-likeness (QED) is 0.518. The van der Waals surface area contributed by atoms with Crippen molar-refractivity contribution >= 4 is 11.9 Å². The van der Waals surface area contributed by atoms with Crippen LogP contribution in [0.1, 0.15) is 31.9 Å². The van der Waals surface area contributed by atoms with Gasteiger partial charge in [-0.1, -0.05) is 42.5 Å². The molecule has 2 aromatic carbocycles. The second-order valence-corrected chi connectivity index (χ2v) is 7.91. The van der Waals surface area contributed by atoms with E-state index in [1.54, 1.807) is 18.5 Å². The summed E-state index contributed by atoms with van der Waals surface area (Å²) >= 11 is 0. The zero-order chi connectivity index (χ0) is 21.4. The van der Waals surface area contributed by atoms with Crippen LogP contribution in [-0.2, 0) is 22.6 Å². The highest BCUT2D eigenvalue weighted by atomic mass is 16.6. The first-order valence-electron chi connectivity index (χ1n) is 9.88. The molecular weight excluding hydrogens is 378 g/mol. The Kier molecular flexibility index (Phi) is 7.01. The minimum atomic E-state index is -0.532. The van der Waals surface area contributed by atoms with Crippen molar-refractivity contribution in [1.29, 1.82) is 0 Å². The van der Waals surface area contributed by atoms with Crippen molar-refractivity contribution in [3.05, 3.63) is 84.2 Å². The van der Waals surface area contributed by atoms with Gasteiger partial charge in [-0.3, -0.25) is 0 Å². The Labute approximate surface area is 177 Å². The van der Waals surface area contributed by atoms with E-state index in [-0.39, 0.29) is 6.61 Å². The van der Waals surface area contributed by atoms with Gasteiger partial charge in [0, 0.05) is 25.5 Å². The van der Waals surface area contributed by atoms with Crippen LogP contribution in [0.25, 0.3) is 0 Å². The molecule has 0 bridgehead atoms. The highest BCUT2D eigenvalue weighted by Gasteiger charge is 2.17. The fourth-order valence-electron chi connectivity index (χ4n) is 2.92. The lowest BCUT2D eigenvalue weighted by Gasteiger charge is -2.23. The van der Waals surface area contributed by atoms with E-state index < -0.39 is 11.6 Å². The molecule has 1 aromatic heterocycles. The van der Waals surface area contributed by atoms with Gasteiger partial charge in [0.1, 0.15) is 11.4 Å². The van der Waals surface area contributed by atoms with E-state index in [4.69, 9.17) is 9.47 Å². The van der Waals surface area contributed by atoms with Crippen molar-refractivity contribution in [2.24, 2.45) is 0 Å². The number of ether oxygens (including phenoxy) is 2. The van der Waals surface area contributed by atoms with E-state index in [1.165, 1.54) is 5.56 Å². The average molecular weight is 405 g/mol. The second kappa shape index (κ2) is 9.87. The Morgan fingerprint density at radius 2 is 1.57 bits per heavy atom. The molecule has 0 aliphatic heterocycles. The molecule has 0 radical (unpaired) electrons. The zero-order valence-corrected chi connectivity index (χ0v) is 17.6. The highest BCUT2D eigenvalue weighted by molar-refractivity contribution is 5.71. The number of hydrogen-bond donors (Lipinski definition) is 0. The topological polar surface area (TPSA) is 64.6 Å². The van der Waals surface area contributed by atoms with Crippen LogP contribution in [0.2, 0.25) is 0 Å². The molecule has 0 N–H and O–H groups in total. The SMILES string of the molecule is CC(C)(C)OC(=O)COc1cccc(CN(Cc2ccccc2)c2ncccn2)c1. The Morgan fingerprint density at radius 3 is 2.27 bits per heavy atom. The Morgan fingerprint density at radius 1 is 0.900 bits per heavy atom. The summed E-state index contributed by atoms with van der Waals surface area (Å²) in [4.78, 5) is 22.8. The molecule has 0 saturated heterocycles. The van der Waals surface area contributed by atoms with Crippen molar-refractivity contribution in [3.8, 4) is 5.75 Å². The molecule has 6 nitrogen and oxygen atoms in total. The monoisotopic (exact) mass is 405 g/mol. The molecule has 6 heteroatoms. The van der Waals surface area contributed by atoms with Gasteiger partial charge in [-0.25, -0.2) is 14.8 Å². The maximum atomic E-state index is 11.9. The molecule has 0 atom stereocenters. The van der Waals surface area contributed by atoms with Gasteiger partial charge in [-0.05, 0) is 50.1 Å². The summed E-state index contributed by atoms with van der Waals surface area (Å²) < 4.78 is 10.9. The maximum Gasteiger partial charge on any atom is 0.344 e. The summed E-state index contributed by atoms with van der Waals surface area (Å²) in [6, 6.07) is 19.7. The summed E-state index contributed by atoms with van der Waals surface area (Å²) in [5, 5.41) is 0. The summed E-state index contributed by atoms with van der Waals surface area (Å²) in [6.07, 6.45) is 3.47. The Balaban J connectivity index is 1.70. The number of aromatic nitrogens is 2. The first kappa shape index (κ1) is 21.3. The van der Waals surface area contributed by atoms with Crippen LogP contribution >= 0.6 is 0 Å². The number of nitrogens with zero attached hydrogens (tertiary/aromatic N) is 3. The van der Waals surface area contributed by atoms with Crippen molar-refractivity contribution < 1.29 is 14.3 Å². The number of anilines is 1. The lowest BCUT2D eigenvalue weighted by atomic mass is 10.1. The molecule has 156 valence electrons. The third-order valence-corrected chi connectivity index (χ3v) is 4.10. The van der Waals surface area contributed by atoms with E-state index in [2.05, 4.69) is 27.0 Å². The minimum absolute atomic E-state index is 0.129. The predicted octanol–water partition coefficient (Wildman–Crippen LogP) is 4.40. The predicted molar refractivity (Wildman–Crippen MR) is 116 cm³/mol. The molecule has 1 heterocycles. The Hall–Kier alpha value is -3.41. The summed E-state index contributed by atoms with van der Waals surface area (Å²) in [7, 11) is 0. The second-order valence-electron chi connectivity index (χ2n) is 7.91. The van der Waals surface area contributed by atoms with E-state index in [0.717, 1.165) is 5.56 Å². The third kappa shape index (κ3) is 6.88. The zero-order valence-electron chi connectivity index (χ0n) is 17.6. The van der Waals surface area contributed by atoms with Crippen LogP contribution in [0.15, 0.2) is 73.1 Å². The Bertz CT molecular complexity index is 941. The van der Waals surface area contributed by atoms with E-state index in [9.17, 15) is 4.79 Å². The van der Waals surface area contributed by atoms with Gasteiger partial charge in [-0.15, -0.1) is 0 Å². The van der Waals surface area contributed by atoms with Crippen molar-refractivity contribution in [3.63, 3.8) is 0 Å². The van der Waals surface area contributed by atoms with Gasteiger partial charge in [0.05, 0.1) is 0 Å². The molecule has 0 fully saturated rings. The van der Waals surface area contributed by atoms with E-state index in [0.29, 0.717) is 24.8 Å². The van der Waals surface area contributed by atoms with Gasteiger partial charge in [0.2, 0.25) is 5.95 Å². The van der Waals surface area contributed by atoms with Gasteiger partial charge in [0.15, 0.2) is 6.61 Å². The molecule has 0 saturated carbocycles. The standard InChI is InChI=1S/C24H27N3O3/c1-24(2,3)30-22(28)18-29-21-12-7-11-20(15-21)17-27(23-25-13-8-14-26-23)16-19-9-5-4-6-10-19/h4-15H,16-18H2,1-3H3. The van der Waals surface area contributed by atoms with Gasteiger partial charge < -0.3 is 14.4 Å². The maximum absolute atomic E-state index is 11.9. The van der Waals surface area contributed by atoms with Crippen molar-refractivity contribution in [1.82, 2.24) is 9.97 Å². The number of carbonyl (C=O) groups is 1. The summed E-state index contributed by atoms with van der Waals surface area (Å²) in [6.45, 7) is 6.64. The lowest BCUT2D eigenvalue weighted by Crippen LogP contribution is -2.27. The molecule has 0 spiro atoms. The smallest absolute Gasteiger partial charge is 0.344 e. The average Bonchev–Trinajstić information content (AvgIpc) is 2.72. The van der Waals surface area contributed by atoms with Gasteiger partial charge in [0.25, 0.3) is 0 Å². The lowest BCUT2D eigenvalue weighted by molar-refractivity contribution is -0.157. The minimum Gasteiger partial charge on any atom is -0.482 e. The van der Waals surface area contributed by atoms with Crippen LogP contribution in [0, 0.1) is 0 Å². The largest absolute Gasteiger partial charge is 0.482 e. The number of esters is 1. The van der Waals surface area contributed by atoms with Crippen LogP contribution < -0.4 is 9.64 Å². The summed E-state index contributed by atoms with van der Waals surface area (Å²) in [5.74, 6) is 0.879. The van der Waals surface area contributed by atoms with Gasteiger partial charge >= 0.3 is 5.97 Å². The molecular formula is C24H27N3O3. The molecule has 0 unspecified atom stereocenters. The number of carbonyl (C=O) groups excluding carboxylic acids is 1. The first-order valence-corrected chi connectivity index (χ1v) is 9.88. The molecule has 0 amide bonds. The van der Waals surface area contributed by atoms with Crippen LogP contribution in [0.5, 0.6) is 5.75 Å². The summed E-state index contributed by atoms with van der Waals surface area (Å²) in [5.41, 5.74) is 1.66. The number of rotatable bonds is 8. The first-order chi connectivity index (χ1) is 14.4. The third-order valence-electron chi connectivity index (χ3n) is 4.10. The van der Waals surface area contributed by atoms with Crippen LogP contribution in [-0.4, -0.2) is 28.1 Å².